The summed E-state index contributed by atoms with van der Waals surface area (Å²) < 4.78 is 10.6. The molecule has 2 aliphatic rings. The summed E-state index contributed by atoms with van der Waals surface area (Å²) in [6.07, 6.45) is 3.01. The summed E-state index contributed by atoms with van der Waals surface area (Å²) in [6.45, 7) is 9.50. The Kier molecular flexibility index (Phi) is 8.86. The number of aliphatic imine (C=N–C) groups is 1. The highest BCUT2D eigenvalue weighted by Crippen LogP contribution is 2.17. The number of morpholine rings is 1. The maximum Gasteiger partial charge on any atom is 0.212 e. The van der Waals surface area contributed by atoms with Gasteiger partial charge in [-0.25, -0.2) is 9.98 Å². The van der Waals surface area contributed by atoms with Gasteiger partial charge in [-0.1, -0.05) is 6.07 Å². The fourth-order valence-corrected chi connectivity index (χ4v) is 3.39. The van der Waals surface area contributed by atoms with Crippen molar-refractivity contribution in [3.63, 3.8) is 0 Å². The van der Waals surface area contributed by atoms with Gasteiger partial charge in [-0.3, -0.25) is 4.90 Å². The summed E-state index contributed by atoms with van der Waals surface area (Å²) in [5.41, 5.74) is 1.08. The van der Waals surface area contributed by atoms with Crippen LogP contribution in [0.2, 0.25) is 0 Å². The lowest BCUT2D eigenvalue weighted by Gasteiger charge is -2.32. The Morgan fingerprint density at radius 1 is 1.35 bits per heavy atom. The first kappa shape index (κ1) is 21.2. The van der Waals surface area contributed by atoms with E-state index in [2.05, 4.69) is 27.0 Å². The number of halogens is 1. The molecule has 0 saturated carbocycles. The lowest BCUT2D eigenvalue weighted by molar-refractivity contribution is 0.0195. The van der Waals surface area contributed by atoms with Crippen molar-refractivity contribution in [1.82, 2.24) is 20.1 Å². The van der Waals surface area contributed by atoms with Gasteiger partial charge in [0, 0.05) is 51.0 Å². The largest absolute Gasteiger partial charge is 0.481 e. The van der Waals surface area contributed by atoms with E-state index in [-0.39, 0.29) is 24.0 Å². The van der Waals surface area contributed by atoms with Gasteiger partial charge in [-0.05, 0) is 18.9 Å². The lowest BCUT2D eigenvalue weighted by atomic mass is 10.2. The van der Waals surface area contributed by atoms with Gasteiger partial charge in [0.15, 0.2) is 5.96 Å². The van der Waals surface area contributed by atoms with Crippen LogP contribution in [0, 0.1) is 0 Å². The number of pyridine rings is 1. The summed E-state index contributed by atoms with van der Waals surface area (Å²) in [6, 6.07) is 4.50. The molecule has 1 aromatic heterocycles. The van der Waals surface area contributed by atoms with Crippen LogP contribution in [0.25, 0.3) is 0 Å². The number of nitrogens with zero attached hydrogens (tertiary/aromatic N) is 4. The number of guanidine groups is 1. The van der Waals surface area contributed by atoms with Gasteiger partial charge in [0.2, 0.25) is 5.88 Å². The first-order valence-electron chi connectivity index (χ1n) is 9.14. The summed E-state index contributed by atoms with van der Waals surface area (Å²) in [5, 5.41) is 3.43. The third kappa shape index (κ3) is 5.68. The topological polar surface area (TPSA) is 62.2 Å². The van der Waals surface area contributed by atoms with Crippen molar-refractivity contribution in [2.45, 2.75) is 25.9 Å². The molecule has 26 heavy (non-hydrogen) atoms. The molecule has 0 spiro atoms. The third-order valence-electron chi connectivity index (χ3n) is 4.78. The van der Waals surface area contributed by atoms with Crippen LogP contribution in [0.15, 0.2) is 23.3 Å². The van der Waals surface area contributed by atoms with E-state index >= 15 is 0 Å². The van der Waals surface area contributed by atoms with Crippen LogP contribution in [0.5, 0.6) is 5.88 Å². The second-order valence-electron chi connectivity index (χ2n) is 6.42. The van der Waals surface area contributed by atoms with E-state index in [9.17, 15) is 0 Å². The van der Waals surface area contributed by atoms with E-state index in [0.29, 0.717) is 18.5 Å². The van der Waals surface area contributed by atoms with Crippen LogP contribution in [0.1, 0.15) is 18.9 Å². The first-order chi connectivity index (χ1) is 12.3. The highest BCUT2D eigenvalue weighted by atomic mass is 127. The molecule has 0 amide bonds. The number of likely N-dealkylation sites (tertiary alicyclic amines) is 1. The molecule has 0 aromatic carbocycles. The van der Waals surface area contributed by atoms with E-state index in [1.807, 2.05) is 18.3 Å². The Hall–Kier alpha value is -1.13. The van der Waals surface area contributed by atoms with Crippen molar-refractivity contribution in [3.8, 4) is 5.88 Å². The molecular formula is C18H30IN5O2. The van der Waals surface area contributed by atoms with Crippen LogP contribution in [-0.2, 0) is 11.3 Å². The van der Waals surface area contributed by atoms with Gasteiger partial charge in [-0.2, -0.15) is 0 Å². The Morgan fingerprint density at radius 2 is 2.15 bits per heavy atom. The number of nitrogens with one attached hydrogen (secondary N) is 1. The Morgan fingerprint density at radius 3 is 2.81 bits per heavy atom. The molecule has 2 aliphatic heterocycles. The number of aromatic nitrogens is 1. The second-order valence-corrected chi connectivity index (χ2v) is 6.42. The zero-order chi connectivity index (χ0) is 17.5. The monoisotopic (exact) mass is 475 g/mol. The smallest absolute Gasteiger partial charge is 0.212 e. The van der Waals surface area contributed by atoms with Crippen LogP contribution < -0.4 is 10.1 Å². The van der Waals surface area contributed by atoms with Crippen molar-refractivity contribution in [1.29, 1.82) is 0 Å². The SMILES string of the molecule is CCNC(=NCc1ccc(OC)nc1)N1CCC(N2CCOCC2)C1.I. The number of hydrogen-bond donors (Lipinski definition) is 1. The van der Waals surface area contributed by atoms with Gasteiger partial charge >= 0.3 is 0 Å². The molecule has 2 fully saturated rings. The minimum Gasteiger partial charge on any atom is -0.481 e. The predicted octanol–water partition coefficient (Wildman–Crippen LogP) is 1.58. The molecule has 0 bridgehead atoms. The summed E-state index contributed by atoms with van der Waals surface area (Å²) in [7, 11) is 1.63. The average Bonchev–Trinajstić information content (AvgIpc) is 3.16. The molecule has 1 aromatic rings. The van der Waals surface area contributed by atoms with Crippen LogP contribution in [0.3, 0.4) is 0 Å². The standard InChI is InChI=1S/C18H29N5O2.HI/c1-3-19-18(21-13-15-4-5-17(24-2)20-12-15)23-7-6-16(14-23)22-8-10-25-11-9-22;/h4-5,12,16H,3,6-11,13-14H2,1-2H3,(H,19,21);1H. The molecule has 146 valence electrons. The Labute approximate surface area is 173 Å². The van der Waals surface area contributed by atoms with Crippen LogP contribution in [-0.4, -0.2) is 79.8 Å². The molecule has 1 atom stereocenters. The van der Waals surface area contributed by atoms with Gasteiger partial charge in [0.1, 0.15) is 0 Å². The van der Waals surface area contributed by atoms with Crippen molar-refractivity contribution >= 4 is 29.9 Å². The normalized spacial score (nSPS) is 21.4. The zero-order valence-electron chi connectivity index (χ0n) is 15.7. The highest BCUT2D eigenvalue weighted by molar-refractivity contribution is 14.0. The van der Waals surface area contributed by atoms with Gasteiger partial charge in [-0.15, -0.1) is 24.0 Å². The van der Waals surface area contributed by atoms with Gasteiger partial charge in [0.05, 0.1) is 26.9 Å². The van der Waals surface area contributed by atoms with Crippen LogP contribution >= 0.6 is 24.0 Å². The number of methoxy groups -OCH3 is 1. The van der Waals surface area contributed by atoms with Gasteiger partial charge < -0.3 is 19.7 Å². The van der Waals surface area contributed by atoms with Crippen LogP contribution in [0.4, 0.5) is 0 Å². The van der Waals surface area contributed by atoms with E-state index in [4.69, 9.17) is 14.5 Å². The molecule has 1 unspecified atom stereocenters. The molecule has 0 radical (unpaired) electrons. The summed E-state index contributed by atoms with van der Waals surface area (Å²) >= 11 is 0. The van der Waals surface area contributed by atoms with Crippen molar-refractivity contribution in [2.75, 3.05) is 53.0 Å². The maximum atomic E-state index is 5.47. The molecule has 0 aliphatic carbocycles. The highest BCUT2D eigenvalue weighted by Gasteiger charge is 2.30. The fraction of sp³-hybridized carbons (Fsp3) is 0.667. The van der Waals surface area contributed by atoms with E-state index < -0.39 is 0 Å². The first-order valence-corrected chi connectivity index (χ1v) is 9.14. The van der Waals surface area contributed by atoms with E-state index in [0.717, 1.165) is 57.5 Å². The Balaban J connectivity index is 0.00000243. The third-order valence-corrected chi connectivity index (χ3v) is 4.78. The number of hydrogen-bond acceptors (Lipinski definition) is 5. The Bertz CT molecular complexity index is 563. The quantitative estimate of drug-likeness (QED) is 0.397. The summed E-state index contributed by atoms with van der Waals surface area (Å²) in [5.74, 6) is 1.63. The minimum atomic E-state index is 0. The van der Waals surface area contributed by atoms with Gasteiger partial charge in [0.25, 0.3) is 0 Å². The van der Waals surface area contributed by atoms with E-state index in [1.165, 1.54) is 6.42 Å². The summed E-state index contributed by atoms with van der Waals surface area (Å²) in [4.78, 5) is 14.0. The average molecular weight is 475 g/mol. The molecule has 3 rings (SSSR count). The number of rotatable bonds is 5. The zero-order valence-corrected chi connectivity index (χ0v) is 18.0. The molecule has 3 heterocycles. The van der Waals surface area contributed by atoms with Crippen molar-refractivity contribution in [2.24, 2.45) is 4.99 Å². The predicted molar refractivity (Wildman–Crippen MR) is 113 cm³/mol. The molecule has 8 heteroatoms. The molecule has 1 N–H and O–H groups in total. The minimum absolute atomic E-state index is 0. The molecule has 7 nitrogen and oxygen atoms in total. The van der Waals surface area contributed by atoms with Crippen molar-refractivity contribution < 1.29 is 9.47 Å². The van der Waals surface area contributed by atoms with E-state index in [1.54, 1.807) is 7.11 Å². The second kappa shape index (κ2) is 10.9. The van der Waals surface area contributed by atoms with Crippen molar-refractivity contribution in [3.05, 3.63) is 23.9 Å². The number of ether oxygens (including phenoxy) is 2. The fourth-order valence-electron chi connectivity index (χ4n) is 3.39. The molecule has 2 saturated heterocycles. The maximum absolute atomic E-state index is 5.47. The molecular weight excluding hydrogens is 445 g/mol. The lowest BCUT2D eigenvalue weighted by Crippen LogP contribution is -2.46.